The number of thiophene rings is 1. The number of aliphatic hydroxyl groups is 1. The lowest BCUT2D eigenvalue weighted by Crippen LogP contribution is -2.13. The molecule has 3 N–H and O–H groups in total. The molecule has 2 heterocycles. The zero-order valence-corrected chi connectivity index (χ0v) is 11.4. The van der Waals surface area contributed by atoms with Crippen LogP contribution in [0.1, 0.15) is 22.0 Å². The molecule has 1 atom stereocenters. The van der Waals surface area contributed by atoms with Crippen molar-refractivity contribution < 1.29 is 19.9 Å². The first-order valence-electron chi connectivity index (χ1n) is 5.81. The van der Waals surface area contributed by atoms with Crippen molar-refractivity contribution in [3.8, 4) is 0 Å². The van der Waals surface area contributed by atoms with Crippen molar-refractivity contribution in [3.63, 3.8) is 0 Å². The summed E-state index contributed by atoms with van der Waals surface area (Å²) in [5, 5.41) is 35.9. The van der Waals surface area contributed by atoms with Gasteiger partial charge in [0, 0.05) is 12.6 Å². The van der Waals surface area contributed by atoms with Gasteiger partial charge in [-0.15, -0.1) is 0 Å². The average Bonchev–Trinajstić information content (AvgIpc) is 2.98. The van der Waals surface area contributed by atoms with Gasteiger partial charge in [-0.25, -0.2) is 9.78 Å². The molecule has 110 valence electrons. The molecule has 0 radical (unpaired) electrons. The van der Waals surface area contributed by atoms with Crippen LogP contribution in [-0.2, 0) is 0 Å². The summed E-state index contributed by atoms with van der Waals surface area (Å²) < 4.78 is 0. The minimum Gasteiger partial charge on any atom is -0.477 e. The maximum Gasteiger partial charge on any atom is 0.342 e. The van der Waals surface area contributed by atoms with E-state index in [0.717, 1.165) is 17.8 Å². The highest BCUT2D eigenvalue weighted by Gasteiger charge is 2.21. The molecule has 0 amide bonds. The Hall–Kier alpha value is -2.52. The number of nitrogens with one attached hydrogen (secondary N) is 1. The number of nitrogens with zero attached hydrogens (tertiary/aromatic N) is 2. The number of carboxylic acids is 1. The van der Waals surface area contributed by atoms with Crippen molar-refractivity contribution in [1.29, 1.82) is 0 Å². The molecule has 0 aliphatic rings. The van der Waals surface area contributed by atoms with Gasteiger partial charge in [0.15, 0.2) is 0 Å². The number of aromatic nitrogens is 1. The van der Waals surface area contributed by atoms with Gasteiger partial charge in [-0.2, -0.15) is 11.3 Å². The second kappa shape index (κ2) is 6.29. The molecule has 1 unspecified atom stereocenters. The smallest absolute Gasteiger partial charge is 0.342 e. The van der Waals surface area contributed by atoms with E-state index < -0.39 is 28.2 Å². The highest BCUT2D eigenvalue weighted by molar-refractivity contribution is 7.07. The SMILES string of the molecule is O=C(O)c1cc(NCC(O)c2ccsc2)ncc1[N+](=O)[O-]. The van der Waals surface area contributed by atoms with Crippen LogP contribution in [0.5, 0.6) is 0 Å². The normalized spacial score (nSPS) is 11.9. The molecule has 0 saturated carbocycles. The predicted octanol–water partition coefficient (Wildman–Crippen LogP) is 1.89. The van der Waals surface area contributed by atoms with E-state index in [1.54, 1.807) is 11.4 Å². The third-order valence-electron chi connectivity index (χ3n) is 2.71. The molecule has 0 aliphatic heterocycles. The molecule has 8 nitrogen and oxygen atoms in total. The fourth-order valence-electron chi connectivity index (χ4n) is 1.65. The Morgan fingerprint density at radius 3 is 2.90 bits per heavy atom. The van der Waals surface area contributed by atoms with Crippen LogP contribution in [0, 0.1) is 10.1 Å². The molecule has 0 saturated heterocycles. The lowest BCUT2D eigenvalue weighted by Gasteiger charge is -2.11. The molecular weight excluding hydrogens is 298 g/mol. The minimum atomic E-state index is -1.41. The van der Waals surface area contributed by atoms with Gasteiger partial charge in [0.25, 0.3) is 0 Å². The molecule has 9 heteroatoms. The van der Waals surface area contributed by atoms with E-state index in [0.29, 0.717) is 0 Å². The van der Waals surface area contributed by atoms with Crippen molar-refractivity contribution >= 4 is 28.8 Å². The van der Waals surface area contributed by atoms with Gasteiger partial charge in [0.2, 0.25) is 0 Å². The number of hydrogen-bond acceptors (Lipinski definition) is 7. The highest BCUT2D eigenvalue weighted by Crippen LogP contribution is 2.21. The molecule has 21 heavy (non-hydrogen) atoms. The maximum atomic E-state index is 11.0. The first-order valence-corrected chi connectivity index (χ1v) is 6.75. The van der Waals surface area contributed by atoms with E-state index in [-0.39, 0.29) is 12.4 Å². The van der Waals surface area contributed by atoms with Crippen LogP contribution >= 0.6 is 11.3 Å². The summed E-state index contributed by atoms with van der Waals surface area (Å²) in [7, 11) is 0. The fourth-order valence-corrected chi connectivity index (χ4v) is 2.35. The van der Waals surface area contributed by atoms with Gasteiger partial charge in [-0.3, -0.25) is 10.1 Å². The van der Waals surface area contributed by atoms with Crippen LogP contribution < -0.4 is 5.32 Å². The summed E-state index contributed by atoms with van der Waals surface area (Å²) in [5.74, 6) is -1.27. The van der Waals surface area contributed by atoms with Crippen LogP contribution in [0.15, 0.2) is 29.1 Å². The molecule has 0 bridgehead atoms. The Labute approximate surface area is 122 Å². The summed E-state index contributed by atoms with van der Waals surface area (Å²) in [4.78, 5) is 24.7. The van der Waals surface area contributed by atoms with E-state index in [9.17, 15) is 20.0 Å². The fraction of sp³-hybridized carbons (Fsp3) is 0.167. The number of pyridine rings is 1. The van der Waals surface area contributed by atoms with Crippen LogP contribution in [-0.4, -0.2) is 32.6 Å². The van der Waals surface area contributed by atoms with E-state index >= 15 is 0 Å². The van der Waals surface area contributed by atoms with Crippen LogP contribution in [0.2, 0.25) is 0 Å². The summed E-state index contributed by atoms with van der Waals surface area (Å²) in [6.45, 7) is 0.112. The number of hydrogen-bond donors (Lipinski definition) is 3. The van der Waals surface area contributed by atoms with Gasteiger partial charge in [-0.05, 0) is 22.4 Å². The van der Waals surface area contributed by atoms with Crippen molar-refractivity contribution in [1.82, 2.24) is 4.98 Å². The van der Waals surface area contributed by atoms with Crippen LogP contribution in [0.25, 0.3) is 0 Å². The second-order valence-corrected chi connectivity index (χ2v) is 4.88. The molecule has 2 aromatic heterocycles. The standard InChI is InChI=1S/C12H11N3O5S/c16-10(7-1-2-21-6-7)5-14-11-3-8(12(17)18)9(4-13-11)15(19)20/h1-4,6,10,16H,5H2,(H,13,14)(H,17,18). The molecule has 0 spiro atoms. The average molecular weight is 309 g/mol. The molecule has 0 aliphatic carbocycles. The largest absolute Gasteiger partial charge is 0.477 e. The van der Waals surface area contributed by atoms with E-state index in [1.807, 2.05) is 5.38 Å². The van der Waals surface area contributed by atoms with E-state index in [1.165, 1.54) is 11.3 Å². The van der Waals surface area contributed by atoms with Gasteiger partial charge >= 0.3 is 11.7 Å². The second-order valence-electron chi connectivity index (χ2n) is 4.10. The lowest BCUT2D eigenvalue weighted by molar-refractivity contribution is -0.385. The van der Waals surface area contributed by atoms with Gasteiger partial charge in [-0.1, -0.05) is 0 Å². The summed E-state index contributed by atoms with van der Waals surface area (Å²) in [6.07, 6.45) is 0.101. The van der Waals surface area contributed by atoms with Crippen LogP contribution in [0.3, 0.4) is 0 Å². The van der Waals surface area contributed by atoms with Crippen molar-refractivity contribution in [3.05, 3.63) is 50.3 Å². The number of rotatable bonds is 6. The molecule has 0 fully saturated rings. The Kier molecular flexibility index (Phi) is 4.45. The number of nitro groups is 1. The molecular formula is C12H11N3O5S. The van der Waals surface area contributed by atoms with Gasteiger partial charge < -0.3 is 15.5 Å². The zero-order chi connectivity index (χ0) is 15.4. The Balaban J connectivity index is 2.12. The Morgan fingerprint density at radius 1 is 1.57 bits per heavy atom. The molecule has 2 rings (SSSR count). The van der Waals surface area contributed by atoms with Crippen LogP contribution in [0.4, 0.5) is 11.5 Å². The first kappa shape index (κ1) is 14.9. The first-order chi connectivity index (χ1) is 9.99. The highest BCUT2D eigenvalue weighted by atomic mass is 32.1. The van der Waals surface area contributed by atoms with E-state index in [4.69, 9.17) is 5.11 Å². The van der Waals surface area contributed by atoms with Crippen molar-refractivity contribution in [2.75, 3.05) is 11.9 Å². The predicted molar refractivity (Wildman–Crippen MR) is 75.6 cm³/mol. The zero-order valence-electron chi connectivity index (χ0n) is 10.6. The third-order valence-corrected chi connectivity index (χ3v) is 3.42. The topological polar surface area (TPSA) is 126 Å². The number of anilines is 1. The quantitative estimate of drug-likeness (QED) is 0.549. The number of carbonyl (C=O) groups is 1. The number of aromatic carboxylic acids is 1. The molecule has 0 aromatic carbocycles. The maximum absolute atomic E-state index is 11.0. The lowest BCUT2D eigenvalue weighted by atomic mass is 10.2. The third kappa shape index (κ3) is 3.52. The summed E-state index contributed by atoms with van der Waals surface area (Å²) in [6, 6.07) is 2.84. The monoisotopic (exact) mass is 309 g/mol. The Morgan fingerprint density at radius 2 is 2.33 bits per heavy atom. The van der Waals surface area contributed by atoms with Gasteiger partial charge in [0.05, 0.1) is 11.0 Å². The van der Waals surface area contributed by atoms with Gasteiger partial charge in [0.1, 0.15) is 17.6 Å². The number of aliphatic hydroxyl groups excluding tert-OH is 1. The molecule has 2 aromatic rings. The minimum absolute atomic E-state index is 0.112. The summed E-state index contributed by atoms with van der Waals surface area (Å²) in [5.41, 5.74) is -0.304. The number of carboxylic acid groups (broad SMARTS) is 1. The summed E-state index contributed by atoms with van der Waals surface area (Å²) >= 11 is 1.45. The Bertz CT molecular complexity index is 659. The van der Waals surface area contributed by atoms with Crippen molar-refractivity contribution in [2.45, 2.75) is 6.10 Å². The van der Waals surface area contributed by atoms with E-state index in [2.05, 4.69) is 10.3 Å². The van der Waals surface area contributed by atoms with Crippen molar-refractivity contribution in [2.24, 2.45) is 0 Å².